The summed E-state index contributed by atoms with van der Waals surface area (Å²) in [4.78, 5) is 34.2. The van der Waals surface area contributed by atoms with E-state index in [0.29, 0.717) is 6.42 Å². The van der Waals surface area contributed by atoms with Crippen molar-refractivity contribution in [2.24, 2.45) is 0 Å². The van der Waals surface area contributed by atoms with Crippen molar-refractivity contribution >= 4 is 17.8 Å². The highest BCUT2D eigenvalue weighted by molar-refractivity contribution is 6.44. The van der Waals surface area contributed by atoms with Crippen molar-refractivity contribution in [3.8, 4) is 0 Å². The molecule has 0 aromatic heterocycles. The molecule has 14 heavy (non-hydrogen) atoms. The third kappa shape index (κ3) is 1.74. The van der Waals surface area contributed by atoms with E-state index in [9.17, 15) is 14.4 Å². The molecule has 1 aliphatic heterocycles. The zero-order valence-electron chi connectivity index (χ0n) is 8.07. The number of urea groups is 1. The van der Waals surface area contributed by atoms with Gasteiger partial charge < -0.3 is 4.74 Å². The summed E-state index contributed by atoms with van der Waals surface area (Å²) in [6.07, 6.45) is 0.556. The third-order valence-corrected chi connectivity index (χ3v) is 2.05. The van der Waals surface area contributed by atoms with E-state index in [-0.39, 0.29) is 12.6 Å². The van der Waals surface area contributed by atoms with Crippen LogP contribution in [0.25, 0.3) is 0 Å². The second-order valence-corrected chi connectivity index (χ2v) is 2.95. The summed E-state index contributed by atoms with van der Waals surface area (Å²) >= 11 is 0. The number of nitrogens with zero attached hydrogens (tertiary/aromatic N) is 1. The third-order valence-electron chi connectivity index (χ3n) is 2.05. The summed E-state index contributed by atoms with van der Waals surface area (Å²) < 4.78 is 4.85. The molecule has 1 fully saturated rings. The molecule has 6 heteroatoms. The number of hydrogen-bond acceptors (Lipinski definition) is 4. The van der Waals surface area contributed by atoms with E-state index in [0.717, 1.165) is 4.90 Å². The van der Waals surface area contributed by atoms with E-state index in [1.165, 1.54) is 7.11 Å². The summed E-state index contributed by atoms with van der Waals surface area (Å²) in [6.45, 7) is 2.05. The van der Waals surface area contributed by atoms with Crippen LogP contribution in [0.3, 0.4) is 0 Å². The first-order valence-electron chi connectivity index (χ1n) is 4.29. The summed E-state index contributed by atoms with van der Waals surface area (Å²) in [5.41, 5.74) is 0. The number of methoxy groups -OCH3 is 1. The molecule has 0 bridgehead atoms. The molecule has 6 nitrogen and oxygen atoms in total. The highest BCUT2D eigenvalue weighted by Gasteiger charge is 2.40. The van der Waals surface area contributed by atoms with E-state index in [4.69, 9.17) is 4.74 Å². The van der Waals surface area contributed by atoms with Crippen LogP contribution in [0, 0.1) is 0 Å². The van der Waals surface area contributed by atoms with Gasteiger partial charge in [0.2, 0.25) is 0 Å². The molecule has 1 unspecified atom stereocenters. The zero-order valence-corrected chi connectivity index (χ0v) is 8.07. The fourth-order valence-corrected chi connectivity index (χ4v) is 1.31. The lowest BCUT2D eigenvalue weighted by atomic mass is 10.2. The van der Waals surface area contributed by atoms with Gasteiger partial charge in [0, 0.05) is 7.11 Å². The maximum Gasteiger partial charge on any atom is 0.331 e. The first-order chi connectivity index (χ1) is 6.61. The molecule has 0 aromatic rings. The van der Waals surface area contributed by atoms with Gasteiger partial charge in [-0.25, -0.2) is 4.79 Å². The van der Waals surface area contributed by atoms with Crippen molar-refractivity contribution < 1.29 is 19.1 Å². The predicted molar refractivity (Wildman–Crippen MR) is 46.3 cm³/mol. The maximum atomic E-state index is 11.2. The number of hydrogen-bond donors (Lipinski definition) is 1. The molecular formula is C8H12N2O4. The smallest absolute Gasteiger partial charge is 0.331 e. The van der Waals surface area contributed by atoms with Gasteiger partial charge in [0.25, 0.3) is 0 Å². The Morgan fingerprint density at radius 2 is 2.07 bits per heavy atom. The second-order valence-electron chi connectivity index (χ2n) is 2.95. The summed E-state index contributed by atoms with van der Waals surface area (Å²) in [6, 6.07) is -1.04. The molecule has 0 aliphatic carbocycles. The molecule has 1 aliphatic rings. The highest BCUT2D eigenvalue weighted by atomic mass is 16.5. The van der Waals surface area contributed by atoms with Crippen molar-refractivity contribution in [3.63, 3.8) is 0 Å². The van der Waals surface area contributed by atoms with Crippen LogP contribution in [0.2, 0.25) is 0 Å². The Morgan fingerprint density at radius 1 is 1.43 bits per heavy atom. The van der Waals surface area contributed by atoms with Crippen LogP contribution in [-0.2, 0) is 14.3 Å². The van der Waals surface area contributed by atoms with Gasteiger partial charge in [-0.3, -0.25) is 19.8 Å². The number of imide groups is 2. The predicted octanol–water partition coefficient (Wildman–Crippen LogP) is -0.510. The topological polar surface area (TPSA) is 75.7 Å². The first-order valence-corrected chi connectivity index (χ1v) is 4.29. The molecule has 4 amide bonds. The molecule has 1 atom stereocenters. The lowest BCUT2D eigenvalue weighted by molar-refractivity contribution is -0.141. The van der Waals surface area contributed by atoms with Gasteiger partial charge in [0.1, 0.15) is 0 Å². The molecule has 1 saturated heterocycles. The molecule has 1 rings (SSSR count). The number of carbonyl (C=O) groups is 3. The monoisotopic (exact) mass is 200 g/mol. The molecule has 0 saturated carbocycles. The lowest BCUT2D eigenvalue weighted by Gasteiger charge is -2.21. The number of carbonyl (C=O) groups excluding carboxylic acids is 3. The maximum absolute atomic E-state index is 11.2. The summed E-state index contributed by atoms with van der Waals surface area (Å²) in [5, 5.41) is 1.93. The summed E-state index contributed by atoms with van der Waals surface area (Å²) in [7, 11) is 1.48. The number of ether oxygens (including phenoxy) is 1. The molecule has 78 valence electrons. The molecular weight excluding hydrogens is 188 g/mol. The van der Waals surface area contributed by atoms with E-state index in [2.05, 4.69) is 0 Å². The van der Waals surface area contributed by atoms with Crippen LogP contribution in [0.1, 0.15) is 13.3 Å². The van der Waals surface area contributed by atoms with Crippen molar-refractivity contribution in [1.29, 1.82) is 0 Å². The average Bonchev–Trinajstić information content (AvgIpc) is 2.39. The molecule has 0 spiro atoms. The summed E-state index contributed by atoms with van der Waals surface area (Å²) in [5.74, 6) is -1.68. The first kappa shape index (κ1) is 10.6. The van der Waals surface area contributed by atoms with Gasteiger partial charge in [-0.1, -0.05) is 6.92 Å². The van der Waals surface area contributed by atoms with Crippen LogP contribution in [0.5, 0.6) is 0 Å². The van der Waals surface area contributed by atoms with Crippen molar-refractivity contribution in [3.05, 3.63) is 0 Å². The Labute approximate surface area is 81.2 Å². The van der Waals surface area contributed by atoms with E-state index >= 15 is 0 Å². The minimum absolute atomic E-state index is 0.239. The Bertz CT molecular complexity index is 277. The standard InChI is InChI=1S/C8H12N2O4/c1-3-5(4-14-2)10-7(12)6(11)9-8(10)13/h5H,3-4H2,1-2H3,(H,9,11,13). The highest BCUT2D eigenvalue weighted by Crippen LogP contribution is 2.10. The minimum Gasteiger partial charge on any atom is -0.383 e. The van der Waals surface area contributed by atoms with E-state index in [1.807, 2.05) is 12.2 Å². The lowest BCUT2D eigenvalue weighted by Crippen LogP contribution is -2.42. The average molecular weight is 200 g/mol. The van der Waals surface area contributed by atoms with Crippen LogP contribution in [0.15, 0.2) is 0 Å². The van der Waals surface area contributed by atoms with Gasteiger partial charge in [0.15, 0.2) is 0 Å². The number of rotatable bonds is 4. The quantitative estimate of drug-likeness (QED) is 0.490. The Kier molecular flexibility index (Phi) is 3.19. The van der Waals surface area contributed by atoms with Gasteiger partial charge in [-0.2, -0.15) is 0 Å². The number of nitrogens with one attached hydrogen (secondary N) is 1. The van der Waals surface area contributed by atoms with Crippen LogP contribution >= 0.6 is 0 Å². The zero-order chi connectivity index (χ0) is 10.7. The van der Waals surface area contributed by atoms with E-state index in [1.54, 1.807) is 0 Å². The van der Waals surface area contributed by atoms with Crippen molar-refractivity contribution in [2.75, 3.05) is 13.7 Å². The van der Waals surface area contributed by atoms with Crippen molar-refractivity contribution in [2.45, 2.75) is 19.4 Å². The van der Waals surface area contributed by atoms with Gasteiger partial charge in [0.05, 0.1) is 12.6 Å². The van der Waals surface area contributed by atoms with Gasteiger partial charge >= 0.3 is 17.8 Å². The largest absolute Gasteiger partial charge is 0.383 e. The SMILES string of the molecule is CCC(COC)N1C(=O)NC(=O)C1=O. The van der Waals surface area contributed by atoms with Gasteiger partial charge in [-0.05, 0) is 6.42 Å². The molecule has 0 aromatic carbocycles. The second kappa shape index (κ2) is 4.19. The van der Waals surface area contributed by atoms with Crippen LogP contribution in [-0.4, -0.2) is 42.5 Å². The van der Waals surface area contributed by atoms with Gasteiger partial charge in [-0.15, -0.1) is 0 Å². The Hall–Kier alpha value is -1.43. The molecule has 0 radical (unpaired) electrons. The van der Waals surface area contributed by atoms with E-state index < -0.39 is 17.8 Å². The Morgan fingerprint density at radius 3 is 2.43 bits per heavy atom. The van der Waals surface area contributed by atoms with Crippen molar-refractivity contribution in [1.82, 2.24) is 10.2 Å². The Balaban J connectivity index is 2.79. The number of amides is 4. The van der Waals surface area contributed by atoms with Crippen LogP contribution < -0.4 is 5.32 Å². The molecule has 1 heterocycles. The fraction of sp³-hybridized carbons (Fsp3) is 0.625. The molecule has 1 N–H and O–H groups in total. The fourth-order valence-electron chi connectivity index (χ4n) is 1.31. The normalized spacial score (nSPS) is 18.7. The minimum atomic E-state index is -0.871. The van der Waals surface area contributed by atoms with Crippen LogP contribution in [0.4, 0.5) is 4.79 Å².